The van der Waals surface area contributed by atoms with E-state index in [1.54, 1.807) is 30.5 Å². The fraction of sp³-hybridized carbons (Fsp3) is 0.565. The van der Waals surface area contributed by atoms with Crippen LogP contribution in [0.5, 0.6) is 0 Å². The highest BCUT2D eigenvalue weighted by Crippen LogP contribution is 2.25. The number of unbranched alkanes of at least 4 members (excludes halogenated alkanes) is 1. The molecule has 0 saturated carbocycles. The number of aromatic nitrogens is 2. The lowest BCUT2D eigenvalue weighted by Crippen LogP contribution is -2.29. The molecule has 0 aliphatic carbocycles. The Hall–Kier alpha value is -2.02. The first kappa shape index (κ1) is 24.3. The zero-order valence-electron chi connectivity index (χ0n) is 18.4. The number of sulfone groups is 1. The Balaban J connectivity index is 2.45. The quantitative estimate of drug-likeness (QED) is 0.489. The van der Waals surface area contributed by atoms with E-state index in [2.05, 4.69) is 12.0 Å². The summed E-state index contributed by atoms with van der Waals surface area (Å²) in [5.41, 5.74) is 1.90. The number of halogens is 1. The zero-order chi connectivity index (χ0) is 22.3. The Morgan fingerprint density at radius 3 is 2.33 bits per heavy atom. The average Bonchev–Trinajstić information content (AvgIpc) is 2.72. The van der Waals surface area contributed by atoms with E-state index in [-0.39, 0.29) is 16.5 Å². The van der Waals surface area contributed by atoms with Crippen molar-refractivity contribution in [1.82, 2.24) is 9.78 Å². The van der Waals surface area contributed by atoms with Crippen molar-refractivity contribution in [1.29, 1.82) is 0 Å². The van der Waals surface area contributed by atoms with Gasteiger partial charge in [0.25, 0.3) is 5.56 Å². The Morgan fingerprint density at radius 2 is 1.77 bits per heavy atom. The lowest BCUT2D eigenvalue weighted by molar-refractivity contribution is 0.299. The number of alkyl halides is 1. The molecule has 30 heavy (non-hydrogen) atoms. The first-order valence-corrected chi connectivity index (χ1v) is 12.6. The molecule has 1 aromatic heterocycles. The molecule has 7 heteroatoms. The van der Waals surface area contributed by atoms with Gasteiger partial charge in [-0.1, -0.05) is 38.8 Å². The molecule has 2 atom stereocenters. The van der Waals surface area contributed by atoms with E-state index in [0.29, 0.717) is 36.8 Å². The molecular formula is C23H33FN2O3S. The van der Waals surface area contributed by atoms with Gasteiger partial charge in [0.2, 0.25) is 0 Å². The number of rotatable bonds is 11. The van der Waals surface area contributed by atoms with E-state index in [9.17, 15) is 17.6 Å². The molecule has 0 aliphatic heterocycles. The Labute approximate surface area is 179 Å². The van der Waals surface area contributed by atoms with E-state index < -0.39 is 16.0 Å². The number of hydrogen-bond donors (Lipinski definition) is 0. The molecule has 2 rings (SSSR count). The van der Waals surface area contributed by atoms with Crippen LogP contribution in [-0.4, -0.2) is 30.6 Å². The van der Waals surface area contributed by atoms with Crippen LogP contribution in [0.1, 0.15) is 70.9 Å². The lowest BCUT2D eigenvalue weighted by Gasteiger charge is -2.17. The molecule has 0 amide bonds. The Kier molecular flexibility index (Phi) is 8.77. The molecule has 5 nitrogen and oxygen atoms in total. The Bertz CT molecular complexity index is 984. The van der Waals surface area contributed by atoms with Gasteiger partial charge in [0.15, 0.2) is 9.84 Å². The third-order valence-corrected chi connectivity index (χ3v) is 6.60. The smallest absolute Gasteiger partial charge is 0.267 e. The van der Waals surface area contributed by atoms with Crippen LogP contribution in [0.25, 0.3) is 11.1 Å². The third-order valence-electron chi connectivity index (χ3n) is 5.48. The summed E-state index contributed by atoms with van der Waals surface area (Å²) in [5, 5.41) is 4.41. The standard InChI is InChI=1S/C23H33FN2O3S/c1-5-7-9-17(3)26-23(27)21(11-8-10-19(24)6-2)22(16-25-26)18-12-14-20(15-13-18)30(4,28)29/h12-17,19H,5-11H2,1-4H3. The highest BCUT2D eigenvalue weighted by Gasteiger charge is 2.17. The first-order chi connectivity index (χ1) is 14.2. The molecule has 1 heterocycles. The summed E-state index contributed by atoms with van der Waals surface area (Å²) in [6.07, 6.45) is 6.83. The van der Waals surface area contributed by atoms with Crippen molar-refractivity contribution in [2.45, 2.75) is 82.8 Å². The molecule has 0 saturated heterocycles. The summed E-state index contributed by atoms with van der Waals surface area (Å²) < 4.78 is 38.7. The van der Waals surface area contributed by atoms with Gasteiger partial charge in [0, 0.05) is 17.4 Å². The van der Waals surface area contributed by atoms with Crippen molar-refractivity contribution >= 4 is 9.84 Å². The number of hydrogen-bond acceptors (Lipinski definition) is 4. The molecule has 0 bridgehead atoms. The minimum atomic E-state index is -3.30. The average molecular weight is 437 g/mol. The predicted octanol–water partition coefficient (Wildman–Crippen LogP) is 5.14. The highest BCUT2D eigenvalue weighted by molar-refractivity contribution is 7.90. The summed E-state index contributed by atoms with van der Waals surface area (Å²) in [4.78, 5) is 13.5. The van der Waals surface area contributed by atoms with E-state index in [1.165, 1.54) is 4.68 Å². The normalized spacial score (nSPS) is 13.9. The lowest BCUT2D eigenvalue weighted by atomic mass is 9.98. The van der Waals surface area contributed by atoms with Gasteiger partial charge in [-0.25, -0.2) is 17.5 Å². The fourth-order valence-corrected chi connectivity index (χ4v) is 4.15. The summed E-state index contributed by atoms with van der Waals surface area (Å²) in [6.45, 7) is 5.91. The van der Waals surface area contributed by atoms with Gasteiger partial charge in [-0.2, -0.15) is 5.10 Å². The van der Waals surface area contributed by atoms with Crippen LogP contribution >= 0.6 is 0 Å². The van der Waals surface area contributed by atoms with E-state index in [0.717, 1.165) is 31.1 Å². The Morgan fingerprint density at radius 1 is 1.10 bits per heavy atom. The summed E-state index contributed by atoms with van der Waals surface area (Å²) in [5.74, 6) is 0. The maximum absolute atomic E-state index is 13.7. The number of benzene rings is 1. The van der Waals surface area contributed by atoms with Crippen molar-refractivity contribution in [3.05, 3.63) is 46.4 Å². The second-order valence-electron chi connectivity index (χ2n) is 7.97. The summed E-state index contributed by atoms with van der Waals surface area (Å²) >= 11 is 0. The molecule has 0 spiro atoms. The van der Waals surface area contributed by atoms with Crippen LogP contribution in [0.3, 0.4) is 0 Å². The molecule has 0 N–H and O–H groups in total. The molecule has 0 aliphatic rings. The van der Waals surface area contributed by atoms with Crippen LogP contribution in [0.4, 0.5) is 4.39 Å². The van der Waals surface area contributed by atoms with Crippen molar-refractivity contribution in [3.63, 3.8) is 0 Å². The molecule has 1 aromatic carbocycles. The first-order valence-electron chi connectivity index (χ1n) is 10.7. The van der Waals surface area contributed by atoms with Crippen LogP contribution in [0.15, 0.2) is 40.2 Å². The van der Waals surface area contributed by atoms with Gasteiger partial charge >= 0.3 is 0 Å². The maximum Gasteiger partial charge on any atom is 0.270 e. The summed E-state index contributed by atoms with van der Waals surface area (Å²) in [6, 6.07) is 6.47. The van der Waals surface area contributed by atoms with Crippen molar-refractivity contribution in [3.8, 4) is 11.1 Å². The highest BCUT2D eigenvalue weighted by atomic mass is 32.2. The van der Waals surface area contributed by atoms with E-state index >= 15 is 0 Å². The largest absolute Gasteiger partial charge is 0.270 e. The molecule has 2 aromatic rings. The monoisotopic (exact) mass is 436 g/mol. The van der Waals surface area contributed by atoms with Crippen molar-refractivity contribution in [2.24, 2.45) is 0 Å². The van der Waals surface area contributed by atoms with Crippen LogP contribution in [0, 0.1) is 0 Å². The van der Waals surface area contributed by atoms with Crippen molar-refractivity contribution < 1.29 is 12.8 Å². The van der Waals surface area contributed by atoms with Gasteiger partial charge in [0.1, 0.15) is 0 Å². The van der Waals surface area contributed by atoms with E-state index in [4.69, 9.17) is 0 Å². The maximum atomic E-state index is 13.7. The van der Waals surface area contributed by atoms with Crippen molar-refractivity contribution in [2.75, 3.05) is 6.26 Å². The van der Waals surface area contributed by atoms with Crippen LogP contribution in [-0.2, 0) is 16.3 Å². The summed E-state index contributed by atoms with van der Waals surface area (Å²) in [7, 11) is -3.30. The predicted molar refractivity (Wildman–Crippen MR) is 119 cm³/mol. The van der Waals surface area contributed by atoms with Gasteiger partial charge in [-0.15, -0.1) is 0 Å². The molecular weight excluding hydrogens is 403 g/mol. The van der Waals surface area contributed by atoms with Gasteiger partial charge in [-0.05, 0) is 56.7 Å². The third kappa shape index (κ3) is 6.24. The second-order valence-corrected chi connectivity index (χ2v) is 9.99. The van der Waals surface area contributed by atoms with Gasteiger partial charge in [-0.3, -0.25) is 4.79 Å². The number of nitrogens with zero attached hydrogens (tertiary/aromatic N) is 2. The van der Waals surface area contributed by atoms with E-state index in [1.807, 2.05) is 13.8 Å². The molecule has 0 fully saturated rings. The van der Waals surface area contributed by atoms with Gasteiger partial charge < -0.3 is 0 Å². The van der Waals surface area contributed by atoms with Gasteiger partial charge in [0.05, 0.1) is 23.3 Å². The molecule has 2 unspecified atom stereocenters. The second kappa shape index (κ2) is 10.8. The van der Waals surface area contributed by atoms with Crippen LogP contribution in [0.2, 0.25) is 0 Å². The fourth-order valence-electron chi connectivity index (χ4n) is 3.52. The minimum Gasteiger partial charge on any atom is -0.267 e. The van der Waals surface area contributed by atoms with Crippen LogP contribution < -0.4 is 5.56 Å². The molecule has 0 radical (unpaired) electrons. The zero-order valence-corrected chi connectivity index (χ0v) is 19.2. The SMILES string of the molecule is CCCCC(C)n1ncc(-c2ccc(S(C)(=O)=O)cc2)c(CCCC(F)CC)c1=O. The minimum absolute atomic E-state index is 0.0116. The molecule has 166 valence electrons. The topological polar surface area (TPSA) is 69.0 Å².